The van der Waals surface area contributed by atoms with Crippen molar-refractivity contribution in [1.82, 2.24) is 0 Å². The SMILES string of the molecule is CN(c1ccc(C(=O)O)cc1)c1cc(F)ccc1F. The zero-order valence-corrected chi connectivity index (χ0v) is 10.1. The van der Waals surface area contributed by atoms with Crippen molar-refractivity contribution in [3.63, 3.8) is 0 Å². The molecule has 2 rings (SSSR count). The van der Waals surface area contributed by atoms with Crippen molar-refractivity contribution < 1.29 is 18.7 Å². The summed E-state index contributed by atoms with van der Waals surface area (Å²) in [6.07, 6.45) is 0. The van der Waals surface area contributed by atoms with Crippen molar-refractivity contribution in [3.05, 3.63) is 59.7 Å². The van der Waals surface area contributed by atoms with Gasteiger partial charge in [-0.3, -0.25) is 0 Å². The number of hydrogen-bond donors (Lipinski definition) is 1. The molecule has 0 saturated heterocycles. The van der Waals surface area contributed by atoms with E-state index < -0.39 is 17.6 Å². The Hall–Kier alpha value is -2.43. The van der Waals surface area contributed by atoms with Gasteiger partial charge in [-0.1, -0.05) is 0 Å². The highest BCUT2D eigenvalue weighted by molar-refractivity contribution is 5.88. The third-order valence-electron chi connectivity index (χ3n) is 2.77. The van der Waals surface area contributed by atoms with Crippen LogP contribution in [0, 0.1) is 11.6 Å². The Balaban J connectivity index is 2.35. The van der Waals surface area contributed by atoms with E-state index in [4.69, 9.17) is 5.11 Å². The van der Waals surface area contributed by atoms with Gasteiger partial charge in [0.05, 0.1) is 11.3 Å². The minimum atomic E-state index is -1.04. The summed E-state index contributed by atoms with van der Waals surface area (Å²) in [5.74, 6) is -2.12. The molecule has 2 aromatic carbocycles. The Kier molecular flexibility index (Phi) is 3.46. The zero-order chi connectivity index (χ0) is 14.0. The molecule has 5 heteroatoms. The topological polar surface area (TPSA) is 40.5 Å². The number of carbonyl (C=O) groups is 1. The summed E-state index contributed by atoms with van der Waals surface area (Å²) in [5, 5.41) is 8.79. The van der Waals surface area contributed by atoms with Crippen LogP contribution in [0.25, 0.3) is 0 Å². The van der Waals surface area contributed by atoms with Crippen LogP contribution in [-0.2, 0) is 0 Å². The molecule has 98 valence electrons. The van der Waals surface area contributed by atoms with Gasteiger partial charge in [0.1, 0.15) is 11.6 Å². The Morgan fingerprint density at radius 2 is 1.74 bits per heavy atom. The fourth-order valence-electron chi connectivity index (χ4n) is 1.71. The molecule has 0 amide bonds. The molecule has 0 aromatic heterocycles. The molecule has 0 saturated carbocycles. The number of aromatic carboxylic acids is 1. The van der Waals surface area contributed by atoms with E-state index in [1.54, 1.807) is 7.05 Å². The lowest BCUT2D eigenvalue weighted by Crippen LogP contribution is -2.11. The van der Waals surface area contributed by atoms with E-state index in [0.29, 0.717) is 5.69 Å². The Labute approximate surface area is 108 Å². The third kappa shape index (κ3) is 2.70. The normalized spacial score (nSPS) is 10.3. The number of carboxylic acids is 1. The van der Waals surface area contributed by atoms with Crippen LogP contribution < -0.4 is 4.90 Å². The molecule has 0 spiro atoms. The van der Waals surface area contributed by atoms with E-state index in [2.05, 4.69) is 0 Å². The second kappa shape index (κ2) is 5.06. The van der Waals surface area contributed by atoms with Gasteiger partial charge in [0.25, 0.3) is 0 Å². The maximum Gasteiger partial charge on any atom is 0.335 e. The first-order valence-corrected chi connectivity index (χ1v) is 5.51. The molecule has 1 N–H and O–H groups in total. The van der Waals surface area contributed by atoms with Gasteiger partial charge in [-0.15, -0.1) is 0 Å². The largest absolute Gasteiger partial charge is 0.478 e. The van der Waals surface area contributed by atoms with Crippen LogP contribution in [0.5, 0.6) is 0 Å². The summed E-state index contributed by atoms with van der Waals surface area (Å²) in [6, 6.07) is 9.06. The fourth-order valence-corrected chi connectivity index (χ4v) is 1.71. The molecule has 0 aliphatic rings. The maximum absolute atomic E-state index is 13.6. The van der Waals surface area contributed by atoms with E-state index in [-0.39, 0.29) is 11.3 Å². The van der Waals surface area contributed by atoms with Gasteiger partial charge in [-0.25, -0.2) is 13.6 Å². The number of hydrogen-bond acceptors (Lipinski definition) is 2. The first kappa shape index (κ1) is 13.0. The van der Waals surface area contributed by atoms with Gasteiger partial charge in [0.15, 0.2) is 0 Å². The predicted octanol–water partition coefficient (Wildman–Crippen LogP) is 3.43. The van der Waals surface area contributed by atoms with Crippen molar-refractivity contribution in [3.8, 4) is 0 Å². The summed E-state index contributed by atoms with van der Waals surface area (Å²) >= 11 is 0. The van der Waals surface area contributed by atoms with Gasteiger partial charge in [0.2, 0.25) is 0 Å². The van der Waals surface area contributed by atoms with Crippen LogP contribution in [0.1, 0.15) is 10.4 Å². The lowest BCUT2D eigenvalue weighted by Gasteiger charge is -2.20. The van der Waals surface area contributed by atoms with E-state index in [0.717, 1.165) is 18.2 Å². The first-order chi connectivity index (χ1) is 8.99. The monoisotopic (exact) mass is 263 g/mol. The Bertz CT molecular complexity index is 611. The molecule has 0 radical (unpaired) electrons. The Morgan fingerprint density at radius 1 is 1.11 bits per heavy atom. The van der Waals surface area contributed by atoms with Crippen LogP contribution in [0.2, 0.25) is 0 Å². The fraction of sp³-hybridized carbons (Fsp3) is 0.0714. The molecule has 2 aromatic rings. The average molecular weight is 263 g/mol. The average Bonchev–Trinajstić information content (AvgIpc) is 2.41. The van der Waals surface area contributed by atoms with Gasteiger partial charge < -0.3 is 10.0 Å². The summed E-state index contributed by atoms with van der Waals surface area (Å²) < 4.78 is 26.7. The number of benzene rings is 2. The highest BCUT2D eigenvalue weighted by Gasteiger charge is 2.11. The zero-order valence-electron chi connectivity index (χ0n) is 10.1. The van der Waals surface area contributed by atoms with Gasteiger partial charge in [-0.2, -0.15) is 0 Å². The maximum atomic E-state index is 13.6. The van der Waals surface area contributed by atoms with Crippen molar-refractivity contribution in [2.75, 3.05) is 11.9 Å². The Morgan fingerprint density at radius 3 is 2.32 bits per heavy atom. The number of halogens is 2. The summed E-state index contributed by atoms with van der Waals surface area (Å²) in [5.41, 5.74) is 0.787. The minimum absolute atomic E-state index is 0.0862. The number of nitrogens with zero attached hydrogens (tertiary/aromatic N) is 1. The second-order valence-corrected chi connectivity index (χ2v) is 4.01. The smallest absolute Gasteiger partial charge is 0.335 e. The van der Waals surface area contributed by atoms with Crippen molar-refractivity contribution in [2.24, 2.45) is 0 Å². The van der Waals surface area contributed by atoms with E-state index in [1.165, 1.54) is 29.2 Å². The van der Waals surface area contributed by atoms with Gasteiger partial charge >= 0.3 is 5.97 Å². The highest BCUT2D eigenvalue weighted by atomic mass is 19.1. The number of anilines is 2. The van der Waals surface area contributed by atoms with Gasteiger partial charge in [0, 0.05) is 18.8 Å². The molecule has 0 bridgehead atoms. The number of rotatable bonds is 3. The van der Waals surface area contributed by atoms with Crippen molar-refractivity contribution >= 4 is 17.3 Å². The van der Waals surface area contributed by atoms with E-state index >= 15 is 0 Å². The second-order valence-electron chi connectivity index (χ2n) is 4.01. The molecule has 0 heterocycles. The summed E-state index contributed by atoms with van der Waals surface area (Å²) in [4.78, 5) is 12.2. The lowest BCUT2D eigenvalue weighted by atomic mass is 10.2. The first-order valence-electron chi connectivity index (χ1n) is 5.51. The predicted molar refractivity (Wildman–Crippen MR) is 67.8 cm³/mol. The molecule has 19 heavy (non-hydrogen) atoms. The molecule has 3 nitrogen and oxygen atoms in total. The summed E-state index contributed by atoms with van der Waals surface area (Å²) in [7, 11) is 1.58. The van der Waals surface area contributed by atoms with Crippen LogP contribution >= 0.6 is 0 Å². The molecular formula is C14H11F2NO2. The minimum Gasteiger partial charge on any atom is -0.478 e. The van der Waals surface area contributed by atoms with E-state index in [9.17, 15) is 13.6 Å². The third-order valence-corrected chi connectivity index (χ3v) is 2.77. The van der Waals surface area contributed by atoms with Crippen molar-refractivity contribution in [1.29, 1.82) is 0 Å². The van der Waals surface area contributed by atoms with Crippen molar-refractivity contribution in [2.45, 2.75) is 0 Å². The molecule has 0 aliphatic heterocycles. The molecule has 0 fully saturated rings. The highest BCUT2D eigenvalue weighted by Crippen LogP contribution is 2.27. The molecule has 0 atom stereocenters. The van der Waals surface area contributed by atoms with Crippen LogP contribution in [0.3, 0.4) is 0 Å². The molecular weight excluding hydrogens is 252 g/mol. The van der Waals surface area contributed by atoms with Crippen LogP contribution in [0.4, 0.5) is 20.2 Å². The standard InChI is InChI=1S/C14H11F2NO2/c1-17(13-8-10(15)4-7-12(13)16)11-5-2-9(3-6-11)14(18)19/h2-8H,1H3,(H,18,19). The lowest BCUT2D eigenvalue weighted by molar-refractivity contribution is 0.0697. The molecule has 0 aliphatic carbocycles. The van der Waals surface area contributed by atoms with Crippen LogP contribution in [-0.4, -0.2) is 18.1 Å². The van der Waals surface area contributed by atoms with E-state index in [1.807, 2.05) is 0 Å². The quantitative estimate of drug-likeness (QED) is 0.922. The van der Waals surface area contributed by atoms with Gasteiger partial charge in [-0.05, 0) is 36.4 Å². The van der Waals surface area contributed by atoms with Crippen LogP contribution in [0.15, 0.2) is 42.5 Å². The molecule has 0 unspecified atom stereocenters. The summed E-state index contributed by atoms with van der Waals surface area (Å²) in [6.45, 7) is 0. The number of carboxylic acid groups (broad SMARTS) is 1.